The average Bonchev–Trinajstić information content (AvgIpc) is 3.67. The lowest BCUT2D eigenvalue weighted by molar-refractivity contribution is 0.0988. The van der Waals surface area contributed by atoms with Crippen LogP contribution in [0.25, 0.3) is 5.65 Å². The number of rotatable bonds is 7. The van der Waals surface area contributed by atoms with Crippen LogP contribution in [0, 0.1) is 5.53 Å². The first kappa shape index (κ1) is 30.4. The van der Waals surface area contributed by atoms with Crippen LogP contribution in [0.1, 0.15) is 58.0 Å². The molecule has 0 saturated heterocycles. The Kier molecular flexibility index (Phi) is 10.3. The third-order valence-electron chi connectivity index (χ3n) is 5.76. The molecule has 0 aliphatic rings. The van der Waals surface area contributed by atoms with Crippen molar-refractivity contribution in [1.82, 2.24) is 34.3 Å². The van der Waals surface area contributed by atoms with E-state index < -0.39 is 17.5 Å². The van der Waals surface area contributed by atoms with Crippen molar-refractivity contribution in [3.05, 3.63) is 106 Å². The molecule has 2 amide bonds. The second kappa shape index (κ2) is 14.3. The van der Waals surface area contributed by atoms with E-state index in [2.05, 4.69) is 35.4 Å². The van der Waals surface area contributed by atoms with Gasteiger partial charge in [-0.3, -0.25) is 9.59 Å². The summed E-state index contributed by atoms with van der Waals surface area (Å²) in [6.45, 7) is 3.70. The van der Waals surface area contributed by atoms with E-state index in [-0.39, 0.29) is 34.9 Å². The highest BCUT2D eigenvalue weighted by molar-refractivity contribution is 5.96. The van der Waals surface area contributed by atoms with Gasteiger partial charge in [0.05, 0.1) is 18.4 Å². The van der Waals surface area contributed by atoms with Gasteiger partial charge in [-0.05, 0) is 25.0 Å². The van der Waals surface area contributed by atoms with Crippen LogP contribution >= 0.6 is 0 Å². The van der Waals surface area contributed by atoms with Crippen molar-refractivity contribution in [2.24, 2.45) is 21.6 Å². The molecule has 0 fully saturated rings. The predicted molar refractivity (Wildman–Crippen MR) is 149 cm³/mol. The van der Waals surface area contributed by atoms with Gasteiger partial charge in [0.15, 0.2) is 17.0 Å². The highest BCUT2D eigenvalue weighted by Crippen LogP contribution is 2.15. The molecule has 6 N–H and O–H groups in total. The molecule has 0 aliphatic carbocycles. The monoisotopic (exact) mass is 570 g/mol. The summed E-state index contributed by atoms with van der Waals surface area (Å²) in [4.78, 5) is 57.3. The number of primary amides is 2. The van der Waals surface area contributed by atoms with E-state index in [4.69, 9.17) is 17.0 Å². The summed E-state index contributed by atoms with van der Waals surface area (Å²) in [6, 6.07) is 18.7. The van der Waals surface area contributed by atoms with E-state index in [1.165, 1.54) is 17.3 Å². The predicted octanol–water partition coefficient (Wildman–Crippen LogP) is 2.25. The number of isocyanates is 1. The van der Waals surface area contributed by atoms with Crippen molar-refractivity contribution in [2.45, 2.75) is 25.9 Å². The van der Waals surface area contributed by atoms with E-state index in [0.717, 1.165) is 15.5 Å². The Bertz CT molecular complexity index is 1770. The van der Waals surface area contributed by atoms with Crippen LogP contribution in [0.5, 0.6) is 0 Å². The van der Waals surface area contributed by atoms with E-state index in [0.29, 0.717) is 0 Å². The lowest BCUT2D eigenvalue weighted by atomic mass is 10.1. The molecule has 5 aromatic rings. The molecule has 16 heteroatoms. The third-order valence-corrected chi connectivity index (χ3v) is 5.76. The number of amides is 2. The molecular weight excluding hydrogens is 544 g/mol. The number of carbonyl (C=O) groups excluding carboxylic acids is 3. The molecule has 0 radical (unpaired) electrons. The maximum absolute atomic E-state index is 12.4. The Morgan fingerprint density at radius 1 is 0.976 bits per heavy atom. The van der Waals surface area contributed by atoms with Gasteiger partial charge in [-0.25, -0.2) is 29.5 Å². The van der Waals surface area contributed by atoms with Crippen LogP contribution in [0.3, 0.4) is 0 Å². The van der Waals surface area contributed by atoms with Crippen molar-refractivity contribution < 1.29 is 14.4 Å². The van der Waals surface area contributed by atoms with Gasteiger partial charge >= 0.3 is 5.69 Å². The van der Waals surface area contributed by atoms with Crippen molar-refractivity contribution in [2.75, 3.05) is 0 Å². The molecule has 5 rings (SSSR count). The van der Waals surface area contributed by atoms with Gasteiger partial charge in [-0.2, -0.15) is 9.67 Å². The number of nitrogens with one attached hydrogen (secondary N) is 2. The van der Waals surface area contributed by atoms with Gasteiger partial charge in [0.25, 0.3) is 11.8 Å². The number of imidazole rings is 2. The molecule has 2 atom stereocenters. The molecule has 0 saturated carbocycles. The number of nitrogens with two attached hydrogens (primary N) is 2. The van der Waals surface area contributed by atoms with Crippen molar-refractivity contribution in [3.8, 4) is 0 Å². The van der Waals surface area contributed by atoms with E-state index in [9.17, 15) is 19.2 Å². The molecule has 16 nitrogen and oxygen atoms in total. The number of carbonyl (C=O) groups is 2. The SMILES string of the molecule is C[C@@H](c1ccccc1)n1nnc2c(C(N)=O)ncn2c1=O.C[C@H](N=C=O)c1ccccc1.N=Nc1nc[nH]c1C(N)=O. The number of H-pyrrole nitrogens is 1. The van der Waals surface area contributed by atoms with Gasteiger partial charge in [0.2, 0.25) is 11.9 Å². The Morgan fingerprint density at radius 3 is 2.12 bits per heavy atom. The number of nitrogens with zero attached hydrogens (tertiary/aromatic N) is 8. The van der Waals surface area contributed by atoms with Crippen LogP contribution in [0.15, 0.2) is 88.2 Å². The van der Waals surface area contributed by atoms with Gasteiger partial charge in [-0.15, -0.1) is 10.2 Å². The van der Waals surface area contributed by atoms with Crippen LogP contribution in [-0.4, -0.2) is 52.2 Å². The standard InChI is InChI=1S/C13H12N6O2.C9H9NO.C4H5N5O/c1-8(9-5-3-2-4-6-9)19-13(21)18-7-15-10(11(14)20)12(18)16-17-19;1-8(10-7-11)9-5-3-2-4-6-9;5-3(10)2-4(9-6)8-1-7-2/h2-8H,1H3,(H2,14,20);2-6,8H,1H3;1,6H,(H2,5,10)(H,7,8)/t2*8-;/m00./s1. The largest absolute Gasteiger partial charge is 0.364 e. The normalized spacial score (nSPS) is 11.5. The zero-order valence-corrected chi connectivity index (χ0v) is 22.4. The van der Waals surface area contributed by atoms with Crippen LogP contribution in [0.4, 0.5) is 5.82 Å². The number of benzene rings is 2. The maximum Gasteiger partial charge on any atom is 0.353 e. The number of aromatic nitrogens is 7. The first-order valence-corrected chi connectivity index (χ1v) is 12.2. The quantitative estimate of drug-likeness (QED) is 0.128. The van der Waals surface area contributed by atoms with E-state index in [1.807, 2.05) is 74.5 Å². The Morgan fingerprint density at radius 2 is 1.60 bits per heavy atom. The second-order valence-corrected chi connectivity index (χ2v) is 8.44. The molecule has 3 aromatic heterocycles. The van der Waals surface area contributed by atoms with Crippen molar-refractivity contribution >= 4 is 29.4 Å². The maximum atomic E-state index is 12.4. The van der Waals surface area contributed by atoms with Crippen molar-refractivity contribution in [3.63, 3.8) is 0 Å². The highest BCUT2D eigenvalue weighted by Gasteiger charge is 2.18. The zero-order valence-electron chi connectivity index (χ0n) is 22.4. The molecule has 0 unspecified atom stereocenters. The molecule has 2 aromatic carbocycles. The first-order valence-electron chi connectivity index (χ1n) is 12.2. The summed E-state index contributed by atoms with van der Waals surface area (Å²) in [7, 11) is 0. The fourth-order valence-electron chi connectivity index (χ4n) is 3.54. The number of aliphatic imine (C=N–C) groups is 1. The molecule has 0 aliphatic heterocycles. The van der Waals surface area contributed by atoms with Crippen LogP contribution < -0.4 is 17.2 Å². The lowest BCUT2D eigenvalue weighted by Gasteiger charge is -2.12. The van der Waals surface area contributed by atoms with Gasteiger partial charge < -0.3 is 16.5 Å². The number of hydrogen-bond acceptors (Lipinski definition) is 11. The average molecular weight is 571 g/mol. The summed E-state index contributed by atoms with van der Waals surface area (Å²) < 4.78 is 2.39. The van der Waals surface area contributed by atoms with Gasteiger partial charge in [-0.1, -0.05) is 65.9 Å². The second-order valence-electron chi connectivity index (χ2n) is 8.44. The summed E-state index contributed by atoms with van der Waals surface area (Å²) in [5.74, 6) is -1.39. The Labute approximate surface area is 237 Å². The number of aromatic amines is 1. The Balaban J connectivity index is 0.000000194. The summed E-state index contributed by atoms with van der Waals surface area (Å²) in [5.41, 5.74) is 18.2. The zero-order chi connectivity index (χ0) is 30.6. The van der Waals surface area contributed by atoms with Crippen LogP contribution in [0.2, 0.25) is 0 Å². The lowest BCUT2D eigenvalue weighted by Crippen LogP contribution is -2.32. The van der Waals surface area contributed by atoms with E-state index >= 15 is 0 Å². The highest BCUT2D eigenvalue weighted by atomic mass is 16.2. The topological polar surface area (TPSA) is 246 Å². The minimum atomic E-state index is -0.750. The van der Waals surface area contributed by atoms with Crippen LogP contribution in [-0.2, 0) is 4.79 Å². The Hall–Kier alpha value is -6.15. The minimum absolute atomic E-state index is 0.0208. The third kappa shape index (κ3) is 7.28. The minimum Gasteiger partial charge on any atom is -0.364 e. The summed E-state index contributed by atoms with van der Waals surface area (Å²) in [5, 5.41) is 10.7. The number of fused-ring (bicyclic) bond motifs is 1. The smallest absolute Gasteiger partial charge is 0.353 e. The fraction of sp³-hybridized carbons (Fsp3) is 0.154. The van der Waals surface area contributed by atoms with Crippen molar-refractivity contribution in [1.29, 1.82) is 5.53 Å². The molecule has 3 heterocycles. The summed E-state index contributed by atoms with van der Waals surface area (Å²) in [6.07, 6.45) is 4.02. The molecule has 214 valence electrons. The van der Waals surface area contributed by atoms with E-state index in [1.54, 1.807) is 6.08 Å². The molecule has 0 bridgehead atoms. The summed E-state index contributed by atoms with van der Waals surface area (Å²) >= 11 is 0. The fourth-order valence-corrected chi connectivity index (χ4v) is 3.54. The molecular formula is C26H26N12O4. The number of hydrogen-bond donors (Lipinski definition) is 4. The molecule has 0 spiro atoms. The first-order chi connectivity index (χ1) is 20.2. The molecule has 42 heavy (non-hydrogen) atoms. The van der Waals surface area contributed by atoms with Gasteiger partial charge in [0.1, 0.15) is 6.33 Å². The van der Waals surface area contributed by atoms with Gasteiger partial charge in [0, 0.05) is 0 Å².